The van der Waals surface area contributed by atoms with Gasteiger partial charge < -0.3 is 15.1 Å². The topological polar surface area (TPSA) is 84.2 Å². The number of hydrogen-bond donors (Lipinski definition) is 2. The fourth-order valence-electron chi connectivity index (χ4n) is 2.53. The molecule has 3 aromatic rings. The summed E-state index contributed by atoms with van der Waals surface area (Å²) in [5.74, 6) is 0.108. The van der Waals surface area contributed by atoms with Crippen molar-refractivity contribution in [3.63, 3.8) is 0 Å². The van der Waals surface area contributed by atoms with Crippen molar-refractivity contribution < 1.29 is 14.0 Å². The first kappa shape index (κ1) is 17.4. The van der Waals surface area contributed by atoms with Crippen LogP contribution in [0, 0.1) is 0 Å². The van der Waals surface area contributed by atoms with E-state index < -0.39 is 6.04 Å². The zero-order chi connectivity index (χ0) is 18.4. The average molecular weight is 349 g/mol. The van der Waals surface area contributed by atoms with Crippen molar-refractivity contribution in [2.45, 2.75) is 19.4 Å². The fourth-order valence-corrected chi connectivity index (χ4v) is 2.53. The van der Waals surface area contributed by atoms with E-state index in [4.69, 9.17) is 4.42 Å². The maximum absolute atomic E-state index is 12.8. The van der Waals surface area contributed by atoms with E-state index in [2.05, 4.69) is 15.6 Å². The molecule has 0 radical (unpaired) electrons. The van der Waals surface area contributed by atoms with Gasteiger partial charge in [0.05, 0.1) is 6.20 Å². The van der Waals surface area contributed by atoms with E-state index in [0.29, 0.717) is 17.9 Å². The first-order chi connectivity index (χ1) is 12.7. The molecule has 0 saturated carbocycles. The highest BCUT2D eigenvalue weighted by Gasteiger charge is 2.22. The summed E-state index contributed by atoms with van der Waals surface area (Å²) in [6.07, 6.45) is 3.26. The third-order valence-electron chi connectivity index (χ3n) is 3.87. The number of rotatable bonds is 6. The van der Waals surface area contributed by atoms with Crippen molar-refractivity contribution in [1.82, 2.24) is 10.3 Å². The number of benzene rings is 2. The van der Waals surface area contributed by atoms with E-state index in [0.717, 1.165) is 11.1 Å². The molecular formula is C20H19N3O3. The molecule has 0 spiro atoms. The summed E-state index contributed by atoms with van der Waals surface area (Å²) in [7, 11) is 0. The summed E-state index contributed by atoms with van der Waals surface area (Å²) in [5.41, 5.74) is 2.13. The van der Waals surface area contributed by atoms with E-state index in [1.54, 1.807) is 25.3 Å². The smallest absolute Gasteiger partial charge is 0.251 e. The number of nitrogens with one attached hydrogen (secondary N) is 2. The molecule has 26 heavy (non-hydrogen) atoms. The van der Waals surface area contributed by atoms with Gasteiger partial charge in [-0.05, 0) is 17.7 Å². The predicted octanol–water partition coefficient (Wildman–Crippen LogP) is 3.55. The highest BCUT2D eigenvalue weighted by Crippen LogP contribution is 2.23. The van der Waals surface area contributed by atoms with Gasteiger partial charge in [-0.2, -0.15) is 0 Å². The number of aromatic nitrogens is 1. The fraction of sp³-hybridized carbons (Fsp3) is 0.150. The summed E-state index contributed by atoms with van der Waals surface area (Å²) in [6, 6.07) is 15.6. The van der Waals surface area contributed by atoms with Gasteiger partial charge in [0.1, 0.15) is 6.04 Å². The minimum absolute atomic E-state index is 0.190. The Hall–Kier alpha value is -3.41. The zero-order valence-corrected chi connectivity index (χ0v) is 14.3. The molecule has 0 aliphatic heterocycles. The normalized spacial score (nSPS) is 11.6. The average Bonchev–Trinajstić information content (AvgIpc) is 3.21. The van der Waals surface area contributed by atoms with Crippen LogP contribution in [0.3, 0.4) is 0 Å². The van der Waals surface area contributed by atoms with Gasteiger partial charge in [-0.1, -0.05) is 49.4 Å². The molecule has 0 unspecified atom stereocenters. The Morgan fingerprint density at radius 3 is 2.62 bits per heavy atom. The Balaban J connectivity index is 1.81. The lowest BCUT2D eigenvalue weighted by Gasteiger charge is -2.19. The molecule has 2 N–H and O–H groups in total. The third-order valence-corrected chi connectivity index (χ3v) is 3.87. The van der Waals surface area contributed by atoms with E-state index in [9.17, 15) is 9.59 Å². The molecule has 2 aromatic carbocycles. The van der Waals surface area contributed by atoms with Gasteiger partial charge in [-0.25, -0.2) is 4.98 Å². The van der Waals surface area contributed by atoms with Gasteiger partial charge in [0, 0.05) is 17.7 Å². The molecule has 1 atom stereocenters. The van der Waals surface area contributed by atoms with E-state index in [1.165, 1.54) is 6.39 Å². The molecule has 6 nitrogen and oxygen atoms in total. The first-order valence-corrected chi connectivity index (χ1v) is 8.31. The van der Waals surface area contributed by atoms with Crippen LogP contribution in [0.1, 0.15) is 24.9 Å². The lowest BCUT2D eigenvalue weighted by Crippen LogP contribution is -2.36. The van der Waals surface area contributed by atoms with Gasteiger partial charge in [0.15, 0.2) is 12.2 Å². The Morgan fingerprint density at radius 2 is 1.92 bits per heavy atom. The number of carbonyl (C=O) groups is 2. The molecule has 1 aromatic heterocycles. The van der Waals surface area contributed by atoms with Gasteiger partial charge in [-0.15, -0.1) is 0 Å². The molecule has 1 heterocycles. The summed E-state index contributed by atoms with van der Waals surface area (Å²) in [6.45, 7) is 1.75. The van der Waals surface area contributed by atoms with Crippen molar-refractivity contribution in [2.24, 2.45) is 0 Å². The highest BCUT2D eigenvalue weighted by molar-refractivity contribution is 5.98. The highest BCUT2D eigenvalue weighted by atomic mass is 16.3. The molecule has 0 fully saturated rings. The molecule has 0 aliphatic rings. The standard InChI is InChI=1S/C20H19N3O3/c1-2-18(24)23-19(14-7-4-3-5-8-14)20(25)22-16-10-6-9-15(11-16)17-12-21-13-26-17/h3-13,19H,2H2,1H3,(H,22,25)(H,23,24)/t19-/m1/s1. The molecule has 0 bridgehead atoms. The Labute approximate surface area is 151 Å². The molecule has 132 valence electrons. The van der Waals surface area contributed by atoms with Crippen LogP contribution in [0.25, 0.3) is 11.3 Å². The van der Waals surface area contributed by atoms with Gasteiger partial charge in [0.2, 0.25) is 5.91 Å². The van der Waals surface area contributed by atoms with Gasteiger partial charge in [0.25, 0.3) is 5.91 Å². The lowest BCUT2D eigenvalue weighted by atomic mass is 10.1. The first-order valence-electron chi connectivity index (χ1n) is 8.31. The summed E-state index contributed by atoms with van der Waals surface area (Å²) in [4.78, 5) is 28.5. The van der Waals surface area contributed by atoms with Gasteiger partial charge >= 0.3 is 0 Å². The van der Waals surface area contributed by atoms with E-state index in [1.807, 2.05) is 42.5 Å². The minimum Gasteiger partial charge on any atom is -0.444 e. The van der Waals surface area contributed by atoms with Crippen molar-refractivity contribution in [2.75, 3.05) is 5.32 Å². The maximum Gasteiger partial charge on any atom is 0.251 e. The molecule has 0 saturated heterocycles. The second-order valence-corrected chi connectivity index (χ2v) is 5.70. The summed E-state index contributed by atoms with van der Waals surface area (Å²) >= 11 is 0. The third kappa shape index (κ3) is 4.16. The minimum atomic E-state index is -0.766. The van der Waals surface area contributed by atoms with Crippen LogP contribution in [0.15, 0.2) is 71.6 Å². The Bertz CT molecular complexity index is 876. The number of carbonyl (C=O) groups excluding carboxylic acids is 2. The Kier molecular flexibility index (Phi) is 5.43. The largest absolute Gasteiger partial charge is 0.444 e. The summed E-state index contributed by atoms with van der Waals surface area (Å²) < 4.78 is 5.28. The van der Waals surface area contributed by atoms with Crippen LogP contribution in [0.5, 0.6) is 0 Å². The van der Waals surface area contributed by atoms with Crippen LogP contribution in [-0.2, 0) is 9.59 Å². The van der Waals surface area contributed by atoms with E-state index in [-0.39, 0.29) is 11.8 Å². The number of oxazole rings is 1. The zero-order valence-electron chi connectivity index (χ0n) is 14.3. The number of anilines is 1. The number of nitrogens with zero attached hydrogens (tertiary/aromatic N) is 1. The maximum atomic E-state index is 12.8. The molecule has 6 heteroatoms. The van der Waals surface area contributed by atoms with Crippen LogP contribution in [0.4, 0.5) is 5.69 Å². The van der Waals surface area contributed by atoms with Crippen molar-refractivity contribution >= 4 is 17.5 Å². The number of hydrogen-bond acceptors (Lipinski definition) is 4. The van der Waals surface area contributed by atoms with Crippen molar-refractivity contribution in [1.29, 1.82) is 0 Å². The Morgan fingerprint density at radius 1 is 1.12 bits per heavy atom. The lowest BCUT2D eigenvalue weighted by molar-refractivity contribution is -0.126. The summed E-state index contributed by atoms with van der Waals surface area (Å²) in [5, 5.41) is 5.62. The molecule has 2 amide bonds. The molecule has 0 aliphatic carbocycles. The monoisotopic (exact) mass is 349 g/mol. The van der Waals surface area contributed by atoms with Crippen molar-refractivity contribution in [3.8, 4) is 11.3 Å². The molecule has 3 rings (SSSR count). The van der Waals surface area contributed by atoms with Crippen LogP contribution < -0.4 is 10.6 Å². The van der Waals surface area contributed by atoms with Crippen LogP contribution in [0.2, 0.25) is 0 Å². The van der Waals surface area contributed by atoms with E-state index >= 15 is 0 Å². The number of amides is 2. The van der Waals surface area contributed by atoms with Crippen molar-refractivity contribution in [3.05, 3.63) is 72.8 Å². The SMILES string of the molecule is CCC(=O)N[C@@H](C(=O)Nc1cccc(-c2cnco2)c1)c1ccccc1. The second kappa shape index (κ2) is 8.11. The second-order valence-electron chi connectivity index (χ2n) is 5.70. The molecular weight excluding hydrogens is 330 g/mol. The predicted molar refractivity (Wildman–Crippen MR) is 98.2 cm³/mol. The van der Waals surface area contributed by atoms with Crippen LogP contribution in [-0.4, -0.2) is 16.8 Å². The quantitative estimate of drug-likeness (QED) is 0.713. The van der Waals surface area contributed by atoms with Crippen LogP contribution >= 0.6 is 0 Å². The van der Waals surface area contributed by atoms with Gasteiger partial charge in [-0.3, -0.25) is 9.59 Å².